The summed E-state index contributed by atoms with van der Waals surface area (Å²) in [7, 11) is 0. The van der Waals surface area contributed by atoms with Crippen LogP contribution in [0.5, 0.6) is 0 Å². The van der Waals surface area contributed by atoms with E-state index in [1.807, 2.05) is 18.2 Å². The fourth-order valence-corrected chi connectivity index (χ4v) is 2.45. The molecule has 0 atom stereocenters. The van der Waals surface area contributed by atoms with Crippen LogP contribution in [-0.2, 0) is 0 Å². The van der Waals surface area contributed by atoms with E-state index < -0.39 is 10.9 Å². The van der Waals surface area contributed by atoms with Gasteiger partial charge in [0.05, 0.1) is 16.4 Å². The maximum absolute atomic E-state index is 11.9. The molecule has 0 unspecified atom stereocenters. The number of hydrogen-bond donors (Lipinski definition) is 0. The van der Waals surface area contributed by atoms with E-state index >= 15 is 0 Å². The first kappa shape index (κ1) is 9.41. The molecule has 0 aliphatic carbocycles. The summed E-state index contributed by atoms with van der Waals surface area (Å²) in [5.41, 5.74) is 0.330. The van der Waals surface area contributed by atoms with Crippen molar-refractivity contribution in [2.24, 2.45) is 0 Å². The number of nitrogens with zero attached hydrogens (tertiary/aromatic N) is 2. The highest BCUT2D eigenvalue weighted by atomic mass is 16.2. The van der Waals surface area contributed by atoms with Crippen LogP contribution < -0.4 is 10.9 Å². The van der Waals surface area contributed by atoms with Gasteiger partial charge in [0.15, 0.2) is 0 Å². The third-order valence-corrected chi connectivity index (χ3v) is 3.26. The van der Waals surface area contributed by atoms with E-state index in [2.05, 4.69) is 9.97 Å². The molecule has 0 saturated carbocycles. The van der Waals surface area contributed by atoms with Crippen molar-refractivity contribution < 1.29 is 0 Å². The summed E-state index contributed by atoms with van der Waals surface area (Å²) in [6.45, 7) is 0. The largest absolute Gasteiger partial charge is 0.285 e. The average Bonchev–Trinajstić information content (AvgIpc) is 2.40. The summed E-state index contributed by atoms with van der Waals surface area (Å²) in [5.74, 6) is 0. The lowest BCUT2D eigenvalue weighted by atomic mass is 10.0. The van der Waals surface area contributed by atoms with Crippen LogP contribution in [0.3, 0.4) is 0 Å². The van der Waals surface area contributed by atoms with Crippen molar-refractivity contribution >= 4 is 32.6 Å². The first-order valence-electron chi connectivity index (χ1n) is 5.52. The maximum atomic E-state index is 11.9. The summed E-state index contributed by atoms with van der Waals surface area (Å²) >= 11 is 0. The molecule has 84 valence electrons. The van der Waals surface area contributed by atoms with Crippen molar-refractivity contribution in [1.29, 1.82) is 0 Å². The van der Waals surface area contributed by atoms with Gasteiger partial charge in [-0.2, -0.15) is 0 Å². The molecule has 4 rings (SSSR count). The molecule has 4 heteroatoms. The molecule has 0 radical (unpaired) electrons. The minimum absolute atomic E-state index is 0.356. The highest BCUT2D eigenvalue weighted by Crippen LogP contribution is 2.29. The van der Waals surface area contributed by atoms with E-state index in [0.717, 1.165) is 21.7 Å². The Hall–Kier alpha value is -2.62. The molecule has 0 amide bonds. The van der Waals surface area contributed by atoms with Crippen LogP contribution in [0.4, 0.5) is 0 Å². The van der Waals surface area contributed by atoms with Crippen molar-refractivity contribution in [1.82, 2.24) is 9.97 Å². The van der Waals surface area contributed by atoms with E-state index in [1.54, 1.807) is 6.20 Å². The topological polar surface area (TPSA) is 59.9 Å². The van der Waals surface area contributed by atoms with Crippen LogP contribution in [0.25, 0.3) is 32.6 Å². The van der Waals surface area contributed by atoms with Gasteiger partial charge in [0.1, 0.15) is 0 Å². The molecule has 2 heterocycles. The SMILES string of the molecule is O=c1cc2ncc3cccc4ncc(c1=O)c2c34. The molecule has 2 aromatic heterocycles. The average molecular weight is 234 g/mol. The van der Waals surface area contributed by atoms with Gasteiger partial charge in [-0.25, -0.2) is 0 Å². The minimum atomic E-state index is -0.532. The standard InChI is InChI=1S/C14H6N2O2/c17-11-4-10-13-8(14(11)18)6-16-9-3-1-2-7(5-15-10)12(9)13/h1-6H. The Labute approximate surface area is 100 Å². The Morgan fingerprint density at radius 1 is 0.889 bits per heavy atom. The molecule has 4 aromatic rings. The quantitative estimate of drug-likeness (QED) is 0.342. The summed E-state index contributed by atoms with van der Waals surface area (Å²) in [6, 6.07) is 7.01. The van der Waals surface area contributed by atoms with Crippen molar-refractivity contribution in [3.05, 3.63) is 57.1 Å². The van der Waals surface area contributed by atoms with Crippen LogP contribution in [0.1, 0.15) is 0 Å². The predicted octanol–water partition coefficient (Wildman–Crippen LogP) is 1.53. The van der Waals surface area contributed by atoms with E-state index in [9.17, 15) is 9.59 Å². The summed E-state index contributed by atoms with van der Waals surface area (Å²) in [5, 5.41) is 2.92. The van der Waals surface area contributed by atoms with Gasteiger partial charge in [0, 0.05) is 34.6 Å². The summed E-state index contributed by atoms with van der Waals surface area (Å²) < 4.78 is 0. The fourth-order valence-electron chi connectivity index (χ4n) is 2.45. The van der Waals surface area contributed by atoms with Gasteiger partial charge in [0.2, 0.25) is 10.9 Å². The minimum Gasteiger partial charge on any atom is -0.285 e. The first-order valence-corrected chi connectivity index (χ1v) is 5.52. The monoisotopic (exact) mass is 234 g/mol. The third-order valence-electron chi connectivity index (χ3n) is 3.26. The Kier molecular flexibility index (Phi) is 1.56. The lowest BCUT2D eigenvalue weighted by molar-refractivity contribution is 1.39. The molecule has 0 fully saturated rings. The third kappa shape index (κ3) is 0.996. The second-order valence-electron chi connectivity index (χ2n) is 4.27. The lowest BCUT2D eigenvalue weighted by Crippen LogP contribution is -2.23. The zero-order valence-electron chi connectivity index (χ0n) is 9.18. The highest BCUT2D eigenvalue weighted by molar-refractivity contribution is 6.20. The molecule has 18 heavy (non-hydrogen) atoms. The molecule has 4 nitrogen and oxygen atoms in total. The van der Waals surface area contributed by atoms with Crippen LogP contribution in [0, 0.1) is 0 Å². The Morgan fingerprint density at radius 2 is 1.72 bits per heavy atom. The van der Waals surface area contributed by atoms with Gasteiger partial charge in [-0.3, -0.25) is 19.6 Å². The Bertz CT molecular complexity index is 995. The van der Waals surface area contributed by atoms with Crippen molar-refractivity contribution in [3.63, 3.8) is 0 Å². The Morgan fingerprint density at radius 3 is 2.61 bits per heavy atom. The molecule has 0 spiro atoms. The van der Waals surface area contributed by atoms with Gasteiger partial charge in [-0.05, 0) is 6.07 Å². The molecule has 2 aromatic carbocycles. The number of aromatic nitrogens is 2. The second kappa shape index (κ2) is 2.98. The first-order chi connectivity index (χ1) is 8.75. The van der Waals surface area contributed by atoms with Gasteiger partial charge in [-0.15, -0.1) is 0 Å². The van der Waals surface area contributed by atoms with E-state index in [0.29, 0.717) is 10.9 Å². The fraction of sp³-hybridized carbons (Fsp3) is 0. The molecular formula is C14H6N2O2. The van der Waals surface area contributed by atoms with Crippen LogP contribution in [-0.4, -0.2) is 9.97 Å². The van der Waals surface area contributed by atoms with Gasteiger partial charge >= 0.3 is 0 Å². The zero-order valence-corrected chi connectivity index (χ0v) is 9.18. The summed E-state index contributed by atoms with van der Waals surface area (Å²) in [4.78, 5) is 31.9. The smallest absolute Gasteiger partial charge is 0.235 e. The number of pyridine rings is 2. The number of rotatable bonds is 0. The van der Waals surface area contributed by atoms with E-state index in [4.69, 9.17) is 0 Å². The maximum Gasteiger partial charge on any atom is 0.235 e. The van der Waals surface area contributed by atoms with Crippen molar-refractivity contribution in [2.75, 3.05) is 0 Å². The molecule has 0 N–H and O–H groups in total. The molecule has 0 saturated heterocycles. The van der Waals surface area contributed by atoms with Gasteiger partial charge < -0.3 is 0 Å². The van der Waals surface area contributed by atoms with E-state index in [1.165, 1.54) is 12.3 Å². The molecule has 0 aliphatic heterocycles. The van der Waals surface area contributed by atoms with Gasteiger partial charge in [0.25, 0.3) is 0 Å². The lowest BCUT2D eigenvalue weighted by Gasteiger charge is -2.07. The van der Waals surface area contributed by atoms with E-state index in [-0.39, 0.29) is 0 Å². The number of benzene rings is 2. The van der Waals surface area contributed by atoms with Crippen LogP contribution in [0.2, 0.25) is 0 Å². The van der Waals surface area contributed by atoms with Crippen molar-refractivity contribution in [3.8, 4) is 0 Å². The predicted molar refractivity (Wildman–Crippen MR) is 69.5 cm³/mol. The van der Waals surface area contributed by atoms with Crippen LogP contribution >= 0.6 is 0 Å². The molecule has 0 bridgehead atoms. The number of hydrogen-bond acceptors (Lipinski definition) is 4. The van der Waals surface area contributed by atoms with Crippen LogP contribution in [0.15, 0.2) is 46.2 Å². The molecule has 0 aliphatic rings. The zero-order chi connectivity index (χ0) is 12.3. The highest BCUT2D eigenvalue weighted by Gasteiger charge is 2.13. The Balaban J connectivity index is 2.54. The summed E-state index contributed by atoms with van der Waals surface area (Å²) in [6.07, 6.45) is 3.17. The molecular weight excluding hydrogens is 228 g/mol. The normalized spacial score (nSPS) is 11.8. The van der Waals surface area contributed by atoms with Gasteiger partial charge in [-0.1, -0.05) is 12.1 Å². The van der Waals surface area contributed by atoms with Crippen molar-refractivity contribution in [2.45, 2.75) is 0 Å². The second-order valence-corrected chi connectivity index (χ2v) is 4.27.